The van der Waals surface area contributed by atoms with Crippen LogP contribution in [0.1, 0.15) is 65.4 Å². The van der Waals surface area contributed by atoms with E-state index in [1.807, 2.05) is 13.1 Å². The van der Waals surface area contributed by atoms with E-state index < -0.39 is 5.54 Å². The van der Waals surface area contributed by atoms with Gasteiger partial charge in [-0.2, -0.15) is 0 Å². The molecule has 39 heavy (non-hydrogen) atoms. The van der Waals surface area contributed by atoms with Crippen LogP contribution in [-0.4, -0.2) is 19.5 Å². The van der Waals surface area contributed by atoms with Gasteiger partial charge in [-0.3, -0.25) is 0 Å². The van der Waals surface area contributed by atoms with Crippen LogP contribution in [0.15, 0.2) is 103 Å². The summed E-state index contributed by atoms with van der Waals surface area (Å²) >= 11 is 0. The number of hydrogen-bond donors (Lipinski definition) is 1. The predicted octanol–water partition coefficient (Wildman–Crippen LogP) is 7.65. The van der Waals surface area contributed by atoms with Crippen LogP contribution >= 0.6 is 0 Å². The van der Waals surface area contributed by atoms with Gasteiger partial charge in [-0.1, -0.05) is 91.0 Å². The van der Waals surface area contributed by atoms with Crippen molar-refractivity contribution in [1.82, 2.24) is 19.5 Å². The SMILES string of the molecule is Cc1ncc(CC2CC2)[nH]1.Cc1ncc(CC2CC2)n1C(c1ccccc1)(c1ccccc1)c1ccccc1. The van der Waals surface area contributed by atoms with Gasteiger partial charge in [0.1, 0.15) is 17.2 Å². The summed E-state index contributed by atoms with van der Waals surface area (Å²) in [4.78, 5) is 12.2. The molecular formula is C35H38N4. The van der Waals surface area contributed by atoms with Crippen molar-refractivity contribution in [3.8, 4) is 0 Å². The topological polar surface area (TPSA) is 46.5 Å². The lowest BCUT2D eigenvalue weighted by molar-refractivity contribution is 0.479. The van der Waals surface area contributed by atoms with E-state index in [0.717, 1.165) is 29.9 Å². The minimum absolute atomic E-state index is 0.450. The lowest BCUT2D eigenvalue weighted by atomic mass is 9.76. The molecule has 1 N–H and O–H groups in total. The number of rotatable bonds is 8. The Hall–Kier alpha value is -3.92. The highest BCUT2D eigenvalue weighted by Gasteiger charge is 2.41. The summed E-state index contributed by atoms with van der Waals surface area (Å²) in [5.41, 5.74) is 5.96. The molecule has 3 aromatic carbocycles. The zero-order chi connectivity index (χ0) is 26.7. The van der Waals surface area contributed by atoms with Crippen LogP contribution in [0.4, 0.5) is 0 Å². The van der Waals surface area contributed by atoms with Crippen LogP contribution in [0.3, 0.4) is 0 Å². The number of aromatic amines is 1. The Morgan fingerprint density at radius 2 is 1.15 bits per heavy atom. The van der Waals surface area contributed by atoms with Crippen molar-refractivity contribution in [3.63, 3.8) is 0 Å². The molecule has 0 amide bonds. The Kier molecular flexibility index (Phi) is 7.19. The monoisotopic (exact) mass is 514 g/mol. The maximum Gasteiger partial charge on any atom is 0.122 e. The molecule has 2 aliphatic rings. The molecule has 2 aromatic heterocycles. The molecule has 4 nitrogen and oxygen atoms in total. The average Bonchev–Trinajstić information content (AvgIpc) is 3.90. The second kappa shape index (κ2) is 11.1. The van der Waals surface area contributed by atoms with E-state index in [1.165, 1.54) is 60.2 Å². The van der Waals surface area contributed by atoms with Crippen molar-refractivity contribution in [2.45, 2.75) is 57.9 Å². The summed E-state index contributed by atoms with van der Waals surface area (Å²) in [6.45, 7) is 4.14. The number of nitrogens with zero attached hydrogens (tertiary/aromatic N) is 3. The van der Waals surface area contributed by atoms with Gasteiger partial charge in [0.05, 0.1) is 0 Å². The number of H-pyrrole nitrogens is 1. The van der Waals surface area contributed by atoms with Crippen LogP contribution in [0.5, 0.6) is 0 Å². The number of aromatic nitrogens is 4. The predicted molar refractivity (Wildman–Crippen MR) is 158 cm³/mol. The third kappa shape index (κ3) is 5.47. The molecule has 198 valence electrons. The Balaban J connectivity index is 0.000000231. The molecule has 0 aliphatic heterocycles. The van der Waals surface area contributed by atoms with Gasteiger partial charge in [-0.25, -0.2) is 9.97 Å². The number of aryl methyl sites for hydroxylation is 2. The van der Waals surface area contributed by atoms with Gasteiger partial charge >= 0.3 is 0 Å². The summed E-state index contributed by atoms with van der Waals surface area (Å²) in [7, 11) is 0. The normalized spacial score (nSPS) is 15.0. The van der Waals surface area contributed by atoms with Crippen LogP contribution in [0, 0.1) is 25.7 Å². The minimum Gasteiger partial charge on any atom is -0.346 e. The van der Waals surface area contributed by atoms with E-state index in [2.05, 4.69) is 119 Å². The van der Waals surface area contributed by atoms with Crippen molar-refractivity contribution >= 4 is 0 Å². The van der Waals surface area contributed by atoms with E-state index in [9.17, 15) is 0 Å². The second-order valence-electron chi connectivity index (χ2n) is 11.2. The van der Waals surface area contributed by atoms with E-state index >= 15 is 0 Å². The quantitative estimate of drug-likeness (QED) is 0.216. The average molecular weight is 515 g/mol. The smallest absolute Gasteiger partial charge is 0.122 e. The summed E-state index contributed by atoms with van der Waals surface area (Å²) in [6, 6.07) is 32.6. The molecule has 7 rings (SSSR count). The summed E-state index contributed by atoms with van der Waals surface area (Å²) in [6.07, 6.45) is 11.8. The van der Waals surface area contributed by atoms with Crippen LogP contribution in [0.25, 0.3) is 0 Å². The van der Waals surface area contributed by atoms with E-state index in [1.54, 1.807) is 0 Å². The molecule has 0 bridgehead atoms. The highest BCUT2D eigenvalue weighted by molar-refractivity contribution is 5.51. The molecule has 0 radical (unpaired) electrons. The molecule has 2 fully saturated rings. The third-order valence-corrected chi connectivity index (χ3v) is 8.08. The van der Waals surface area contributed by atoms with Crippen LogP contribution in [0.2, 0.25) is 0 Å². The molecule has 5 aromatic rings. The van der Waals surface area contributed by atoms with Crippen molar-refractivity contribution in [3.05, 3.63) is 143 Å². The van der Waals surface area contributed by atoms with E-state index in [4.69, 9.17) is 4.98 Å². The lowest BCUT2D eigenvalue weighted by Gasteiger charge is -2.39. The molecule has 0 spiro atoms. The summed E-state index contributed by atoms with van der Waals surface area (Å²) in [5, 5.41) is 0. The summed E-state index contributed by atoms with van der Waals surface area (Å²) in [5.74, 6) is 3.84. The number of nitrogens with one attached hydrogen (secondary N) is 1. The van der Waals surface area contributed by atoms with Gasteiger partial charge in [-0.05, 0) is 80.9 Å². The largest absolute Gasteiger partial charge is 0.346 e. The first-order valence-corrected chi connectivity index (χ1v) is 14.4. The van der Waals surface area contributed by atoms with Gasteiger partial charge in [-0.15, -0.1) is 0 Å². The van der Waals surface area contributed by atoms with Gasteiger partial charge in [0.2, 0.25) is 0 Å². The van der Waals surface area contributed by atoms with E-state index in [-0.39, 0.29) is 0 Å². The maximum absolute atomic E-state index is 4.80. The molecular weight excluding hydrogens is 476 g/mol. The van der Waals surface area contributed by atoms with Gasteiger partial charge in [0.25, 0.3) is 0 Å². The number of benzene rings is 3. The zero-order valence-electron chi connectivity index (χ0n) is 23.1. The third-order valence-electron chi connectivity index (χ3n) is 8.08. The zero-order valence-corrected chi connectivity index (χ0v) is 23.1. The Morgan fingerprint density at radius 3 is 1.59 bits per heavy atom. The Bertz CT molecular complexity index is 1380. The lowest BCUT2D eigenvalue weighted by Crippen LogP contribution is -2.39. The highest BCUT2D eigenvalue weighted by atomic mass is 15.1. The van der Waals surface area contributed by atoms with Crippen molar-refractivity contribution < 1.29 is 0 Å². The van der Waals surface area contributed by atoms with Gasteiger partial charge < -0.3 is 9.55 Å². The first kappa shape index (κ1) is 25.4. The molecule has 0 saturated heterocycles. The molecule has 0 unspecified atom stereocenters. The van der Waals surface area contributed by atoms with Crippen molar-refractivity contribution in [2.75, 3.05) is 0 Å². The Morgan fingerprint density at radius 1 is 0.667 bits per heavy atom. The molecule has 4 heteroatoms. The van der Waals surface area contributed by atoms with Crippen LogP contribution in [-0.2, 0) is 18.4 Å². The highest BCUT2D eigenvalue weighted by Crippen LogP contribution is 2.44. The first-order chi connectivity index (χ1) is 19.1. The van der Waals surface area contributed by atoms with Crippen molar-refractivity contribution in [1.29, 1.82) is 0 Å². The van der Waals surface area contributed by atoms with E-state index in [0.29, 0.717) is 0 Å². The fourth-order valence-corrected chi connectivity index (χ4v) is 5.84. The first-order valence-electron chi connectivity index (χ1n) is 14.4. The molecule has 2 aliphatic carbocycles. The minimum atomic E-state index is -0.450. The maximum atomic E-state index is 4.80. The van der Waals surface area contributed by atoms with Crippen LogP contribution < -0.4 is 0 Å². The standard InChI is InChI=1S/C27H26N2.C8H12N2/c1-21-28-20-26(19-22-17-18-22)29(21)27(23-11-5-2-6-12-23,24-13-7-3-8-14-24)25-15-9-4-10-16-25;1-6-9-5-8(10-6)4-7-2-3-7/h2-16,20,22H,17-19H2,1H3;5,7H,2-4H2,1H3,(H,9,10). The number of hydrogen-bond acceptors (Lipinski definition) is 2. The fraction of sp³-hybridized carbons (Fsp3) is 0.314. The molecule has 0 atom stereocenters. The second-order valence-corrected chi connectivity index (χ2v) is 11.2. The summed E-state index contributed by atoms with van der Waals surface area (Å²) < 4.78 is 2.49. The fourth-order valence-electron chi connectivity index (χ4n) is 5.84. The van der Waals surface area contributed by atoms with Gasteiger partial charge in [0.15, 0.2) is 0 Å². The van der Waals surface area contributed by atoms with Crippen molar-refractivity contribution in [2.24, 2.45) is 11.8 Å². The molecule has 2 heterocycles. The Labute approximate surface area is 232 Å². The number of imidazole rings is 2. The molecule has 2 saturated carbocycles. The van der Waals surface area contributed by atoms with Gasteiger partial charge in [0, 0.05) is 23.8 Å².